The second-order valence-corrected chi connectivity index (χ2v) is 3.95. The van der Waals surface area contributed by atoms with Gasteiger partial charge < -0.3 is 16.2 Å². The van der Waals surface area contributed by atoms with E-state index in [1.54, 1.807) is 23.0 Å². The van der Waals surface area contributed by atoms with Gasteiger partial charge in [-0.2, -0.15) is 5.10 Å². The molecule has 0 aliphatic carbocycles. The topological polar surface area (TPSA) is 93.2 Å². The summed E-state index contributed by atoms with van der Waals surface area (Å²) < 4.78 is 1.70. The molecule has 0 radical (unpaired) electrons. The molecule has 1 heterocycles. The lowest BCUT2D eigenvalue weighted by molar-refractivity contribution is 0.0698. The number of nitrogens with one attached hydrogen (secondary N) is 1. The first kappa shape index (κ1) is 12.0. The highest BCUT2D eigenvalue weighted by Gasteiger charge is 2.10. The average Bonchev–Trinajstić information content (AvgIpc) is 2.73. The molecule has 0 aliphatic heterocycles. The van der Waals surface area contributed by atoms with Crippen molar-refractivity contribution in [3.05, 3.63) is 41.7 Å². The van der Waals surface area contributed by atoms with Gasteiger partial charge in [0.1, 0.15) is 0 Å². The van der Waals surface area contributed by atoms with Crippen LogP contribution in [0.3, 0.4) is 0 Å². The van der Waals surface area contributed by atoms with Gasteiger partial charge in [-0.05, 0) is 12.1 Å². The average molecular weight is 246 g/mol. The zero-order chi connectivity index (χ0) is 13.1. The van der Waals surface area contributed by atoms with Crippen LogP contribution in [0.2, 0.25) is 0 Å². The van der Waals surface area contributed by atoms with E-state index >= 15 is 0 Å². The van der Waals surface area contributed by atoms with Crippen molar-refractivity contribution in [1.29, 1.82) is 0 Å². The number of carboxylic acids is 1. The van der Waals surface area contributed by atoms with Gasteiger partial charge in [0.2, 0.25) is 0 Å². The Morgan fingerprint density at radius 3 is 2.94 bits per heavy atom. The molecule has 2 aromatic rings. The van der Waals surface area contributed by atoms with Gasteiger partial charge in [0.15, 0.2) is 0 Å². The lowest BCUT2D eigenvalue weighted by Gasteiger charge is -2.10. The van der Waals surface area contributed by atoms with Crippen LogP contribution in [-0.2, 0) is 13.6 Å². The predicted octanol–water partition coefficient (Wildman–Crippen LogP) is 1.31. The van der Waals surface area contributed by atoms with Gasteiger partial charge in [-0.1, -0.05) is 6.07 Å². The molecule has 0 spiro atoms. The molecule has 1 aromatic carbocycles. The number of benzene rings is 1. The Kier molecular flexibility index (Phi) is 3.18. The van der Waals surface area contributed by atoms with Crippen LogP contribution in [0.5, 0.6) is 0 Å². The summed E-state index contributed by atoms with van der Waals surface area (Å²) in [6.07, 6.45) is 3.62. The normalized spacial score (nSPS) is 10.3. The quantitative estimate of drug-likeness (QED) is 0.707. The fourth-order valence-electron chi connectivity index (χ4n) is 1.67. The Balaban J connectivity index is 2.14. The number of nitrogens with zero attached hydrogens (tertiary/aromatic N) is 2. The Morgan fingerprint density at radius 1 is 1.56 bits per heavy atom. The van der Waals surface area contributed by atoms with E-state index in [1.807, 2.05) is 13.2 Å². The summed E-state index contributed by atoms with van der Waals surface area (Å²) in [4.78, 5) is 10.9. The minimum atomic E-state index is -1.03. The first-order valence-electron chi connectivity index (χ1n) is 5.41. The van der Waals surface area contributed by atoms with Crippen LogP contribution in [0, 0.1) is 0 Å². The number of anilines is 2. The summed E-state index contributed by atoms with van der Waals surface area (Å²) >= 11 is 0. The molecule has 0 amide bonds. The number of para-hydroxylation sites is 1. The Bertz CT molecular complexity index is 577. The number of aromatic carboxylic acids is 1. The van der Waals surface area contributed by atoms with E-state index in [1.165, 1.54) is 6.07 Å². The van der Waals surface area contributed by atoms with Gasteiger partial charge in [0.05, 0.1) is 23.1 Å². The molecule has 4 N–H and O–H groups in total. The molecule has 0 saturated heterocycles. The third kappa shape index (κ3) is 2.42. The zero-order valence-corrected chi connectivity index (χ0v) is 9.92. The number of carbonyl (C=O) groups is 1. The highest BCUT2D eigenvalue weighted by Crippen LogP contribution is 2.23. The lowest BCUT2D eigenvalue weighted by Crippen LogP contribution is -2.07. The monoisotopic (exact) mass is 246 g/mol. The standard InChI is InChI=1S/C12H14N4O2/c1-16-7-8(6-15-16)5-14-10-4-2-3-9(11(10)13)12(17)18/h2-4,6-7,14H,5,13H2,1H3,(H,17,18). The maximum absolute atomic E-state index is 10.9. The summed E-state index contributed by atoms with van der Waals surface area (Å²) in [6, 6.07) is 4.89. The zero-order valence-electron chi connectivity index (χ0n) is 9.92. The summed E-state index contributed by atoms with van der Waals surface area (Å²) in [5, 5.41) is 16.1. The number of hydrogen-bond donors (Lipinski definition) is 3. The molecule has 94 valence electrons. The van der Waals surface area contributed by atoms with Gasteiger partial charge in [0.25, 0.3) is 0 Å². The number of hydrogen-bond acceptors (Lipinski definition) is 4. The van der Waals surface area contributed by atoms with Crippen molar-refractivity contribution in [2.24, 2.45) is 7.05 Å². The van der Waals surface area contributed by atoms with E-state index in [-0.39, 0.29) is 11.3 Å². The van der Waals surface area contributed by atoms with Crippen molar-refractivity contribution in [2.75, 3.05) is 11.1 Å². The van der Waals surface area contributed by atoms with E-state index in [2.05, 4.69) is 10.4 Å². The molecule has 6 heteroatoms. The van der Waals surface area contributed by atoms with Gasteiger partial charge in [-0.25, -0.2) is 4.79 Å². The van der Waals surface area contributed by atoms with Crippen LogP contribution in [0.15, 0.2) is 30.6 Å². The maximum Gasteiger partial charge on any atom is 0.337 e. The highest BCUT2D eigenvalue weighted by molar-refractivity contribution is 5.97. The van der Waals surface area contributed by atoms with Crippen molar-refractivity contribution in [1.82, 2.24) is 9.78 Å². The molecular weight excluding hydrogens is 232 g/mol. The third-order valence-electron chi connectivity index (χ3n) is 2.58. The largest absolute Gasteiger partial charge is 0.478 e. The van der Waals surface area contributed by atoms with Crippen LogP contribution >= 0.6 is 0 Å². The van der Waals surface area contributed by atoms with Gasteiger partial charge >= 0.3 is 5.97 Å². The molecule has 0 bridgehead atoms. The molecule has 0 atom stereocenters. The van der Waals surface area contributed by atoms with Crippen LogP contribution in [0.1, 0.15) is 15.9 Å². The molecule has 0 unspecified atom stereocenters. The lowest BCUT2D eigenvalue weighted by atomic mass is 10.1. The van der Waals surface area contributed by atoms with Crippen molar-refractivity contribution in [3.8, 4) is 0 Å². The molecule has 2 rings (SSSR count). The second kappa shape index (κ2) is 4.79. The van der Waals surface area contributed by atoms with Crippen LogP contribution in [0.4, 0.5) is 11.4 Å². The maximum atomic E-state index is 10.9. The number of nitrogens with two attached hydrogens (primary N) is 1. The fourth-order valence-corrected chi connectivity index (χ4v) is 1.67. The van der Waals surface area contributed by atoms with E-state index in [4.69, 9.17) is 10.8 Å². The molecule has 0 aliphatic rings. The third-order valence-corrected chi connectivity index (χ3v) is 2.58. The Labute approximate surface area is 104 Å². The van der Waals surface area contributed by atoms with Crippen molar-refractivity contribution in [3.63, 3.8) is 0 Å². The van der Waals surface area contributed by atoms with Crippen LogP contribution < -0.4 is 11.1 Å². The molecular formula is C12H14N4O2. The number of nitrogen functional groups attached to an aromatic ring is 1. The molecule has 0 saturated carbocycles. The van der Waals surface area contributed by atoms with E-state index in [0.29, 0.717) is 12.2 Å². The number of aryl methyl sites for hydroxylation is 1. The first-order valence-corrected chi connectivity index (χ1v) is 5.41. The first-order chi connectivity index (χ1) is 8.58. The predicted molar refractivity (Wildman–Crippen MR) is 68.3 cm³/mol. The van der Waals surface area contributed by atoms with E-state index < -0.39 is 5.97 Å². The molecule has 6 nitrogen and oxygen atoms in total. The summed E-state index contributed by atoms with van der Waals surface area (Å²) in [7, 11) is 1.84. The minimum absolute atomic E-state index is 0.103. The summed E-state index contributed by atoms with van der Waals surface area (Å²) in [6.45, 7) is 0.543. The van der Waals surface area contributed by atoms with Crippen LogP contribution in [0.25, 0.3) is 0 Å². The highest BCUT2D eigenvalue weighted by atomic mass is 16.4. The molecule has 0 fully saturated rings. The SMILES string of the molecule is Cn1cc(CNc2cccc(C(=O)O)c2N)cn1. The van der Waals surface area contributed by atoms with Crippen LogP contribution in [-0.4, -0.2) is 20.9 Å². The number of rotatable bonds is 4. The minimum Gasteiger partial charge on any atom is -0.478 e. The Hall–Kier alpha value is -2.50. The van der Waals surface area contributed by atoms with E-state index in [0.717, 1.165) is 5.56 Å². The van der Waals surface area contributed by atoms with Crippen molar-refractivity contribution >= 4 is 17.3 Å². The van der Waals surface area contributed by atoms with Gasteiger partial charge in [0, 0.05) is 25.4 Å². The fraction of sp³-hybridized carbons (Fsp3) is 0.167. The second-order valence-electron chi connectivity index (χ2n) is 3.95. The van der Waals surface area contributed by atoms with Gasteiger partial charge in [-0.15, -0.1) is 0 Å². The van der Waals surface area contributed by atoms with Gasteiger partial charge in [-0.3, -0.25) is 4.68 Å². The van der Waals surface area contributed by atoms with E-state index in [9.17, 15) is 4.79 Å². The number of carboxylic acid groups (broad SMARTS) is 1. The number of aromatic nitrogens is 2. The van der Waals surface area contributed by atoms with Crippen molar-refractivity contribution < 1.29 is 9.90 Å². The summed E-state index contributed by atoms with van der Waals surface area (Å²) in [5.74, 6) is -1.03. The molecule has 1 aromatic heterocycles. The van der Waals surface area contributed by atoms with Crippen molar-refractivity contribution in [2.45, 2.75) is 6.54 Å². The Morgan fingerprint density at radius 2 is 2.33 bits per heavy atom. The summed E-state index contributed by atoms with van der Waals surface area (Å²) in [5.41, 5.74) is 7.74. The molecule has 18 heavy (non-hydrogen) atoms. The smallest absolute Gasteiger partial charge is 0.337 e.